The normalized spacial score (nSPS) is 15.2. The number of aliphatic hydroxyl groups is 1. The number of nitrogens with one attached hydrogen (secondary N) is 1. The molecule has 0 spiro atoms. The number of amides is 2. The molecular formula is C21H20F4N2O3. The standard InChI is InChI=1S/C21H20F4N2O3/c1-12-11-13(5-6-17(12)22)26-19(29)15-3-2-4-16(18(15)23)21(24,25)20(30)27-9-7-14(28)8-10-27/h2-6,11,14,28H,7-10H2,1H3,(H,26,29). The van der Waals surface area contributed by atoms with E-state index in [9.17, 15) is 32.3 Å². The summed E-state index contributed by atoms with van der Waals surface area (Å²) in [6.45, 7) is 1.33. The van der Waals surface area contributed by atoms with Gasteiger partial charge in [0.15, 0.2) is 0 Å². The molecule has 1 aliphatic rings. The van der Waals surface area contributed by atoms with Gasteiger partial charge < -0.3 is 15.3 Å². The predicted molar refractivity (Wildman–Crippen MR) is 101 cm³/mol. The molecule has 0 saturated carbocycles. The maximum Gasteiger partial charge on any atom is 0.352 e. The van der Waals surface area contributed by atoms with Gasteiger partial charge in [0.25, 0.3) is 11.8 Å². The first-order chi connectivity index (χ1) is 14.1. The van der Waals surface area contributed by atoms with Gasteiger partial charge in [-0.2, -0.15) is 8.78 Å². The van der Waals surface area contributed by atoms with E-state index in [-0.39, 0.29) is 37.2 Å². The fourth-order valence-electron chi connectivity index (χ4n) is 3.25. The number of anilines is 1. The topological polar surface area (TPSA) is 69.6 Å². The molecule has 9 heteroatoms. The number of aliphatic hydroxyl groups excluding tert-OH is 1. The molecule has 30 heavy (non-hydrogen) atoms. The Labute approximate surface area is 170 Å². The first kappa shape index (κ1) is 21.8. The number of aryl methyl sites for hydroxylation is 1. The number of nitrogens with zero attached hydrogens (tertiary/aromatic N) is 1. The van der Waals surface area contributed by atoms with E-state index < -0.39 is 46.6 Å². The molecule has 1 saturated heterocycles. The summed E-state index contributed by atoms with van der Waals surface area (Å²) in [6.07, 6.45) is -0.352. The number of hydrogen-bond acceptors (Lipinski definition) is 3. The average Bonchev–Trinajstić information content (AvgIpc) is 2.70. The van der Waals surface area contributed by atoms with Crippen LogP contribution in [0.3, 0.4) is 0 Å². The summed E-state index contributed by atoms with van der Waals surface area (Å²) in [6, 6.07) is 6.51. The maximum atomic E-state index is 14.8. The Morgan fingerprint density at radius 1 is 1.13 bits per heavy atom. The van der Waals surface area contributed by atoms with Crippen molar-refractivity contribution in [3.05, 3.63) is 64.7 Å². The highest BCUT2D eigenvalue weighted by Crippen LogP contribution is 2.34. The summed E-state index contributed by atoms with van der Waals surface area (Å²) in [5, 5.41) is 11.8. The second-order valence-corrected chi connectivity index (χ2v) is 7.18. The number of carbonyl (C=O) groups is 2. The molecule has 2 aromatic rings. The van der Waals surface area contributed by atoms with Crippen molar-refractivity contribution in [1.82, 2.24) is 4.90 Å². The Morgan fingerprint density at radius 2 is 1.80 bits per heavy atom. The summed E-state index contributed by atoms with van der Waals surface area (Å²) >= 11 is 0. The third kappa shape index (κ3) is 4.30. The fraction of sp³-hybridized carbons (Fsp3) is 0.333. The van der Waals surface area contributed by atoms with Gasteiger partial charge in [-0.1, -0.05) is 6.07 Å². The van der Waals surface area contributed by atoms with E-state index in [2.05, 4.69) is 5.32 Å². The van der Waals surface area contributed by atoms with Crippen LogP contribution in [0.25, 0.3) is 0 Å². The van der Waals surface area contributed by atoms with E-state index in [1.807, 2.05) is 0 Å². The van der Waals surface area contributed by atoms with Crippen LogP contribution in [-0.4, -0.2) is 41.0 Å². The summed E-state index contributed by atoms with van der Waals surface area (Å²) < 4.78 is 57.8. The van der Waals surface area contributed by atoms with E-state index >= 15 is 0 Å². The number of halogens is 4. The molecule has 1 fully saturated rings. The van der Waals surface area contributed by atoms with Crippen LogP contribution < -0.4 is 5.32 Å². The van der Waals surface area contributed by atoms with Crippen molar-refractivity contribution in [2.75, 3.05) is 18.4 Å². The summed E-state index contributed by atoms with van der Waals surface area (Å²) in [5.41, 5.74) is -1.47. The largest absolute Gasteiger partial charge is 0.393 e. The molecule has 2 aromatic carbocycles. The highest BCUT2D eigenvalue weighted by molar-refractivity contribution is 6.04. The van der Waals surface area contributed by atoms with Crippen molar-refractivity contribution in [2.45, 2.75) is 31.8 Å². The van der Waals surface area contributed by atoms with Crippen LogP contribution >= 0.6 is 0 Å². The molecule has 0 aromatic heterocycles. The Balaban J connectivity index is 1.85. The van der Waals surface area contributed by atoms with E-state index in [1.165, 1.54) is 19.1 Å². The minimum absolute atomic E-state index is 0.0682. The molecule has 1 heterocycles. The molecule has 2 amide bonds. The van der Waals surface area contributed by atoms with Crippen LogP contribution in [0, 0.1) is 18.6 Å². The van der Waals surface area contributed by atoms with Crippen molar-refractivity contribution in [2.24, 2.45) is 0 Å². The quantitative estimate of drug-likeness (QED) is 0.737. The minimum Gasteiger partial charge on any atom is -0.393 e. The number of benzene rings is 2. The van der Waals surface area contributed by atoms with Crippen molar-refractivity contribution < 1.29 is 32.3 Å². The van der Waals surface area contributed by atoms with E-state index in [0.717, 1.165) is 29.2 Å². The summed E-state index contributed by atoms with van der Waals surface area (Å²) in [7, 11) is 0. The van der Waals surface area contributed by atoms with Crippen molar-refractivity contribution >= 4 is 17.5 Å². The Morgan fingerprint density at radius 3 is 2.43 bits per heavy atom. The van der Waals surface area contributed by atoms with Crippen molar-refractivity contribution in [1.29, 1.82) is 0 Å². The van der Waals surface area contributed by atoms with E-state index in [4.69, 9.17) is 0 Å². The van der Waals surface area contributed by atoms with Crippen LogP contribution in [0.15, 0.2) is 36.4 Å². The van der Waals surface area contributed by atoms with Gasteiger partial charge in [0.2, 0.25) is 0 Å². The van der Waals surface area contributed by atoms with Crippen LogP contribution in [-0.2, 0) is 10.7 Å². The second kappa shape index (κ2) is 8.43. The Bertz CT molecular complexity index is 973. The molecule has 0 radical (unpaired) electrons. The molecular weight excluding hydrogens is 404 g/mol. The van der Waals surface area contributed by atoms with Crippen LogP contribution in [0.4, 0.5) is 23.2 Å². The minimum atomic E-state index is -4.19. The van der Waals surface area contributed by atoms with Crippen molar-refractivity contribution in [3.63, 3.8) is 0 Å². The Kier molecular flexibility index (Phi) is 6.12. The zero-order valence-electron chi connectivity index (χ0n) is 16.1. The lowest BCUT2D eigenvalue weighted by atomic mass is 10.0. The van der Waals surface area contributed by atoms with Crippen LogP contribution in [0.2, 0.25) is 0 Å². The average molecular weight is 424 g/mol. The lowest BCUT2D eigenvalue weighted by Crippen LogP contribution is -2.47. The summed E-state index contributed by atoms with van der Waals surface area (Å²) in [4.78, 5) is 25.6. The third-order valence-corrected chi connectivity index (χ3v) is 5.02. The molecule has 5 nitrogen and oxygen atoms in total. The third-order valence-electron chi connectivity index (χ3n) is 5.02. The molecule has 1 aliphatic heterocycles. The van der Waals surface area contributed by atoms with Gasteiger partial charge in [-0.25, -0.2) is 8.78 Å². The zero-order valence-corrected chi connectivity index (χ0v) is 16.1. The summed E-state index contributed by atoms with van der Waals surface area (Å²) in [5.74, 6) is -8.78. The van der Waals surface area contributed by atoms with Crippen LogP contribution in [0.5, 0.6) is 0 Å². The lowest BCUT2D eigenvalue weighted by Gasteiger charge is -2.32. The molecule has 0 aliphatic carbocycles. The number of alkyl halides is 2. The lowest BCUT2D eigenvalue weighted by molar-refractivity contribution is -0.161. The van der Waals surface area contributed by atoms with Gasteiger partial charge in [-0.05, 0) is 55.7 Å². The van der Waals surface area contributed by atoms with Gasteiger partial charge >= 0.3 is 5.92 Å². The van der Waals surface area contributed by atoms with Crippen LogP contribution in [0.1, 0.15) is 34.3 Å². The molecule has 3 rings (SSSR count). The number of likely N-dealkylation sites (tertiary alicyclic amines) is 1. The van der Waals surface area contributed by atoms with Crippen molar-refractivity contribution in [3.8, 4) is 0 Å². The number of piperidine rings is 1. The zero-order chi connectivity index (χ0) is 22.1. The molecule has 160 valence electrons. The highest BCUT2D eigenvalue weighted by Gasteiger charge is 2.47. The van der Waals surface area contributed by atoms with Gasteiger partial charge in [0.05, 0.1) is 17.2 Å². The van der Waals surface area contributed by atoms with Gasteiger partial charge in [0, 0.05) is 18.8 Å². The maximum absolute atomic E-state index is 14.8. The molecule has 0 atom stereocenters. The first-order valence-electron chi connectivity index (χ1n) is 9.33. The number of carbonyl (C=O) groups excluding carboxylic acids is 2. The fourth-order valence-corrected chi connectivity index (χ4v) is 3.25. The SMILES string of the molecule is Cc1cc(NC(=O)c2cccc(C(F)(F)C(=O)N3CCC(O)CC3)c2F)ccc1F. The van der Waals surface area contributed by atoms with Gasteiger partial charge in [-0.15, -0.1) is 0 Å². The number of hydrogen-bond donors (Lipinski definition) is 2. The van der Waals surface area contributed by atoms with Gasteiger partial charge in [-0.3, -0.25) is 9.59 Å². The smallest absolute Gasteiger partial charge is 0.352 e. The predicted octanol–water partition coefficient (Wildman–Crippen LogP) is 3.60. The van der Waals surface area contributed by atoms with E-state index in [1.54, 1.807) is 0 Å². The molecule has 2 N–H and O–H groups in total. The molecule has 0 unspecified atom stereocenters. The number of rotatable bonds is 4. The highest BCUT2D eigenvalue weighted by atomic mass is 19.3. The molecule has 0 bridgehead atoms. The van der Waals surface area contributed by atoms with Gasteiger partial charge in [0.1, 0.15) is 11.6 Å². The van der Waals surface area contributed by atoms with E-state index in [0.29, 0.717) is 0 Å². The first-order valence-corrected chi connectivity index (χ1v) is 9.33. The Hall–Kier alpha value is -2.94. The monoisotopic (exact) mass is 424 g/mol. The second-order valence-electron chi connectivity index (χ2n) is 7.18.